The number of aromatic amines is 1. The van der Waals surface area contributed by atoms with Gasteiger partial charge in [0.05, 0.1) is 31.7 Å². The third-order valence-electron chi connectivity index (χ3n) is 5.78. The Morgan fingerprint density at radius 2 is 1.78 bits per heavy atom. The Balaban J connectivity index is 1.49. The molecule has 0 bridgehead atoms. The summed E-state index contributed by atoms with van der Waals surface area (Å²) in [4.78, 5) is 16.6. The van der Waals surface area contributed by atoms with Crippen LogP contribution in [0.25, 0.3) is 11.0 Å². The van der Waals surface area contributed by atoms with Gasteiger partial charge in [-0.15, -0.1) is 10.2 Å². The minimum Gasteiger partial charge on any atom is -0.331 e. The first-order valence-corrected chi connectivity index (χ1v) is 12.1. The van der Waals surface area contributed by atoms with Gasteiger partial charge in [0.25, 0.3) is 0 Å². The van der Waals surface area contributed by atoms with Gasteiger partial charge in [-0.05, 0) is 24.1 Å². The highest BCUT2D eigenvalue weighted by atomic mass is 32.2. The summed E-state index contributed by atoms with van der Waals surface area (Å²) in [6.07, 6.45) is 1.87. The summed E-state index contributed by atoms with van der Waals surface area (Å²) < 4.78 is 4.08. The van der Waals surface area contributed by atoms with Crippen LogP contribution in [0.1, 0.15) is 37.2 Å². The number of hydrogen-bond acceptors (Lipinski definition) is 4. The van der Waals surface area contributed by atoms with E-state index in [4.69, 9.17) is 0 Å². The van der Waals surface area contributed by atoms with Crippen LogP contribution in [0.15, 0.2) is 64.5 Å². The molecule has 2 heterocycles. The van der Waals surface area contributed by atoms with Crippen molar-refractivity contribution >= 4 is 22.8 Å². The molecule has 0 aliphatic heterocycles. The van der Waals surface area contributed by atoms with Gasteiger partial charge in [-0.25, -0.2) is 4.79 Å². The van der Waals surface area contributed by atoms with E-state index in [1.807, 2.05) is 34.9 Å². The number of para-hydroxylation sites is 2. The number of H-pyrrole nitrogens is 1. The number of nitrogens with zero attached hydrogens (tertiary/aromatic N) is 4. The molecule has 2 N–H and O–H groups in total. The number of aryl methyl sites for hydroxylation is 1. The van der Waals surface area contributed by atoms with Crippen LogP contribution in [-0.2, 0) is 13.1 Å². The molecular weight excluding hydrogens is 420 g/mol. The highest BCUT2D eigenvalue weighted by Crippen LogP contribution is 2.23. The molecule has 4 rings (SSSR count). The van der Waals surface area contributed by atoms with Gasteiger partial charge in [0.2, 0.25) is 0 Å². The van der Waals surface area contributed by atoms with Crippen LogP contribution in [0.2, 0.25) is 0 Å². The van der Waals surface area contributed by atoms with E-state index in [0.717, 1.165) is 47.2 Å². The highest BCUT2D eigenvalue weighted by Gasteiger charge is 2.25. The van der Waals surface area contributed by atoms with E-state index in [1.54, 1.807) is 11.8 Å². The maximum atomic E-state index is 12.3. The van der Waals surface area contributed by atoms with E-state index in [0.29, 0.717) is 12.6 Å². The number of nitrogens with one attached hydrogen (secondary N) is 2. The summed E-state index contributed by atoms with van der Waals surface area (Å²) in [6, 6.07) is 18.6. The standard InChI is InChI=1S/C24H30N6OS/c1-4-20(28(2)3)22-26-27-24(30(22)17-18-11-6-5-7-12-18)32-16-10-15-29-21-14-9-8-13-19(21)25-23(29)31/h5-9,11-14,20H,4,10,15-17H2,1-3H3,(H,25,31)/p+1/t20-/m1/s1. The van der Waals surface area contributed by atoms with E-state index < -0.39 is 0 Å². The topological polar surface area (TPSA) is 72.9 Å². The maximum absolute atomic E-state index is 12.3. The summed E-state index contributed by atoms with van der Waals surface area (Å²) in [7, 11) is 4.34. The normalized spacial score (nSPS) is 12.6. The summed E-state index contributed by atoms with van der Waals surface area (Å²) in [5.41, 5.74) is 3.03. The molecule has 0 saturated heterocycles. The van der Waals surface area contributed by atoms with Gasteiger partial charge in [0.1, 0.15) is 6.04 Å². The lowest BCUT2D eigenvalue weighted by molar-refractivity contribution is -0.893. The Labute approximate surface area is 192 Å². The quantitative estimate of drug-likeness (QED) is 0.287. The summed E-state index contributed by atoms with van der Waals surface area (Å²) in [5.74, 6) is 1.90. The number of aromatic nitrogens is 5. The monoisotopic (exact) mass is 451 g/mol. The molecule has 8 heteroatoms. The molecule has 2 aromatic carbocycles. The van der Waals surface area contributed by atoms with E-state index >= 15 is 0 Å². The van der Waals surface area contributed by atoms with Crippen molar-refractivity contribution in [3.05, 3.63) is 76.5 Å². The second kappa shape index (κ2) is 10.2. The van der Waals surface area contributed by atoms with Crippen molar-refractivity contribution in [1.82, 2.24) is 24.3 Å². The van der Waals surface area contributed by atoms with Gasteiger partial charge in [0, 0.05) is 18.7 Å². The fourth-order valence-electron chi connectivity index (χ4n) is 4.14. The average Bonchev–Trinajstić information content (AvgIpc) is 3.32. The first kappa shape index (κ1) is 22.4. The summed E-state index contributed by atoms with van der Waals surface area (Å²) in [5, 5.41) is 10.1. The van der Waals surface area contributed by atoms with Gasteiger partial charge in [0.15, 0.2) is 11.0 Å². The predicted molar refractivity (Wildman–Crippen MR) is 129 cm³/mol. The summed E-state index contributed by atoms with van der Waals surface area (Å²) >= 11 is 1.71. The molecule has 0 spiro atoms. The zero-order valence-corrected chi connectivity index (χ0v) is 19.7. The first-order valence-electron chi connectivity index (χ1n) is 11.2. The second-order valence-corrected chi connectivity index (χ2v) is 9.31. The fraction of sp³-hybridized carbons (Fsp3) is 0.375. The Morgan fingerprint density at radius 1 is 1.03 bits per heavy atom. The lowest BCUT2D eigenvalue weighted by Crippen LogP contribution is -3.06. The van der Waals surface area contributed by atoms with Crippen molar-refractivity contribution < 1.29 is 4.90 Å². The smallest absolute Gasteiger partial charge is 0.326 e. The SMILES string of the molecule is CC[C@H](c1nnc(SCCCn2c(=O)[nH]c3ccccc32)n1Cc1ccccc1)[NH+](C)C. The Morgan fingerprint density at radius 3 is 2.53 bits per heavy atom. The molecule has 0 aliphatic rings. The molecule has 32 heavy (non-hydrogen) atoms. The fourth-order valence-corrected chi connectivity index (χ4v) is 5.01. The number of imidazole rings is 1. The van der Waals surface area contributed by atoms with Gasteiger partial charge < -0.3 is 9.88 Å². The van der Waals surface area contributed by atoms with Crippen molar-refractivity contribution in [3.8, 4) is 0 Å². The maximum Gasteiger partial charge on any atom is 0.326 e. The molecule has 168 valence electrons. The molecule has 1 atom stereocenters. The molecule has 0 amide bonds. The molecule has 4 aromatic rings. The lowest BCUT2D eigenvalue weighted by Gasteiger charge is -2.20. The van der Waals surface area contributed by atoms with E-state index in [2.05, 4.69) is 65.0 Å². The number of hydrogen-bond donors (Lipinski definition) is 2. The Kier molecular flexibility index (Phi) is 7.12. The average molecular weight is 452 g/mol. The number of rotatable bonds is 10. The van der Waals surface area contributed by atoms with Crippen molar-refractivity contribution in [2.45, 2.75) is 44.1 Å². The number of thioether (sulfide) groups is 1. The van der Waals surface area contributed by atoms with Crippen LogP contribution >= 0.6 is 11.8 Å². The second-order valence-electron chi connectivity index (χ2n) is 8.25. The first-order chi connectivity index (χ1) is 15.6. The zero-order chi connectivity index (χ0) is 22.5. The van der Waals surface area contributed by atoms with Crippen LogP contribution in [0, 0.1) is 0 Å². The molecule has 7 nitrogen and oxygen atoms in total. The van der Waals surface area contributed by atoms with Crippen LogP contribution in [-0.4, -0.2) is 44.2 Å². The molecule has 0 unspecified atom stereocenters. The molecule has 0 aliphatic carbocycles. The van der Waals surface area contributed by atoms with Crippen molar-refractivity contribution in [3.63, 3.8) is 0 Å². The third-order valence-corrected chi connectivity index (χ3v) is 6.84. The number of quaternary nitrogens is 1. The highest BCUT2D eigenvalue weighted by molar-refractivity contribution is 7.99. The van der Waals surface area contributed by atoms with Crippen LogP contribution in [0.3, 0.4) is 0 Å². The number of fused-ring (bicyclic) bond motifs is 1. The van der Waals surface area contributed by atoms with Crippen molar-refractivity contribution in [2.75, 3.05) is 19.8 Å². The van der Waals surface area contributed by atoms with Crippen LogP contribution in [0.5, 0.6) is 0 Å². The zero-order valence-electron chi connectivity index (χ0n) is 18.9. The third kappa shape index (κ3) is 4.81. The molecule has 0 saturated carbocycles. The largest absolute Gasteiger partial charge is 0.331 e. The van der Waals surface area contributed by atoms with Gasteiger partial charge in [-0.2, -0.15) is 0 Å². The summed E-state index contributed by atoms with van der Waals surface area (Å²) in [6.45, 7) is 3.64. The number of benzene rings is 2. The van der Waals surface area contributed by atoms with E-state index in [-0.39, 0.29) is 5.69 Å². The Hall–Kier alpha value is -2.84. The van der Waals surface area contributed by atoms with Gasteiger partial charge in [-0.1, -0.05) is 61.2 Å². The van der Waals surface area contributed by atoms with Crippen molar-refractivity contribution in [2.24, 2.45) is 0 Å². The lowest BCUT2D eigenvalue weighted by atomic mass is 10.2. The van der Waals surface area contributed by atoms with E-state index in [9.17, 15) is 4.79 Å². The minimum absolute atomic E-state index is 0.0505. The predicted octanol–water partition coefficient (Wildman–Crippen LogP) is 2.75. The molecule has 0 fully saturated rings. The Bertz CT molecular complexity index is 1210. The van der Waals surface area contributed by atoms with Gasteiger partial charge >= 0.3 is 5.69 Å². The van der Waals surface area contributed by atoms with E-state index in [1.165, 1.54) is 10.5 Å². The van der Waals surface area contributed by atoms with Crippen LogP contribution < -0.4 is 10.6 Å². The van der Waals surface area contributed by atoms with Crippen molar-refractivity contribution in [1.29, 1.82) is 0 Å². The van der Waals surface area contributed by atoms with Crippen LogP contribution in [0.4, 0.5) is 0 Å². The minimum atomic E-state index is -0.0505. The molecular formula is C24H31N6OS+. The van der Waals surface area contributed by atoms with Gasteiger partial charge in [-0.3, -0.25) is 9.13 Å². The molecule has 0 radical (unpaired) electrons. The molecule has 2 aromatic heterocycles.